The van der Waals surface area contributed by atoms with Gasteiger partial charge in [0.15, 0.2) is 0 Å². The van der Waals surface area contributed by atoms with Crippen molar-refractivity contribution in [2.24, 2.45) is 0 Å². The minimum atomic E-state index is -4.26. The van der Waals surface area contributed by atoms with Gasteiger partial charge in [0.2, 0.25) is 11.8 Å². The molecule has 0 aromatic heterocycles. The minimum Gasteiger partial charge on any atom is -0.497 e. The van der Waals surface area contributed by atoms with Crippen molar-refractivity contribution in [3.8, 4) is 5.75 Å². The van der Waals surface area contributed by atoms with Crippen LogP contribution >= 0.6 is 0 Å². The fourth-order valence-electron chi connectivity index (χ4n) is 5.31. The topological polar surface area (TPSA) is 96.0 Å². The number of amides is 2. The third kappa shape index (κ3) is 7.47. The number of aryl methyl sites for hydroxylation is 1. The Balaban J connectivity index is 1.71. The molecule has 1 fully saturated rings. The van der Waals surface area contributed by atoms with Crippen LogP contribution in [0.2, 0.25) is 0 Å². The molecular weight excluding hydrogens is 557 g/mol. The highest BCUT2D eigenvalue weighted by atomic mass is 32.2. The number of carbonyl (C=O) groups excluding carboxylic acids is 2. The third-order valence-corrected chi connectivity index (χ3v) is 9.35. The first-order valence-electron chi connectivity index (χ1n) is 14.2. The van der Waals surface area contributed by atoms with Crippen LogP contribution in [0.1, 0.15) is 50.2 Å². The van der Waals surface area contributed by atoms with Gasteiger partial charge in [-0.2, -0.15) is 0 Å². The van der Waals surface area contributed by atoms with E-state index in [9.17, 15) is 22.4 Å². The van der Waals surface area contributed by atoms with E-state index in [0.717, 1.165) is 53.2 Å². The normalized spacial score (nSPS) is 14.3. The summed E-state index contributed by atoms with van der Waals surface area (Å²) in [5.41, 5.74) is 1.94. The predicted molar refractivity (Wildman–Crippen MR) is 160 cm³/mol. The molecule has 3 aromatic rings. The number of methoxy groups -OCH3 is 1. The molecule has 1 aliphatic rings. The molecule has 0 spiro atoms. The summed E-state index contributed by atoms with van der Waals surface area (Å²) >= 11 is 0. The average Bonchev–Trinajstić information content (AvgIpc) is 3.49. The summed E-state index contributed by atoms with van der Waals surface area (Å²) < 4.78 is 47.8. The van der Waals surface area contributed by atoms with Crippen LogP contribution in [0.15, 0.2) is 77.7 Å². The molecule has 42 heavy (non-hydrogen) atoms. The molecule has 0 bridgehead atoms. The van der Waals surface area contributed by atoms with Crippen LogP contribution in [-0.4, -0.2) is 50.9 Å². The first kappa shape index (κ1) is 31.0. The molecule has 1 unspecified atom stereocenters. The van der Waals surface area contributed by atoms with Crippen molar-refractivity contribution in [2.75, 3.05) is 18.0 Å². The summed E-state index contributed by atoms with van der Waals surface area (Å²) in [5.74, 6) is -0.868. The molecule has 10 heteroatoms. The van der Waals surface area contributed by atoms with Crippen LogP contribution in [0, 0.1) is 12.7 Å². The van der Waals surface area contributed by atoms with Crippen molar-refractivity contribution in [3.63, 3.8) is 0 Å². The zero-order valence-electron chi connectivity index (χ0n) is 24.3. The van der Waals surface area contributed by atoms with Crippen LogP contribution in [0.3, 0.4) is 0 Å². The Hall–Kier alpha value is -3.92. The minimum absolute atomic E-state index is 0.0586. The number of rotatable bonds is 12. The van der Waals surface area contributed by atoms with Gasteiger partial charge in [0.05, 0.1) is 17.7 Å². The number of hydrogen-bond acceptors (Lipinski definition) is 5. The van der Waals surface area contributed by atoms with Crippen molar-refractivity contribution in [2.45, 2.75) is 69.5 Å². The molecule has 0 heterocycles. The lowest BCUT2D eigenvalue weighted by molar-refractivity contribution is -0.140. The molecule has 0 radical (unpaired) electrons. The number of ether oxygens (including phenoxy) is 1. The number of carbonyl (C=O) groups is 2. The van der Waals surface area contributed by atoms with Gasteiger partial charge < -0.3 is 15.0 Å². The molecule has 8 nitrogen and oxygen atoms in total. The van der Waals surface area contributed by atoms with E-state index < -0.39 is 34.3 Å². The van der Waals surface area contributed by atoms with E-state index in [4.69, 9.17) is 4.74 Å². The standard InChI is InChI=1S/C32H38FN3O5S/c1-4-30(32(38)34-26-10-5-6-11-26)35(21-24-9-7-8-23(2)20-24)31(37)22-36(27-14-12-25(33)13-15-27)42(39,40)29-18-16-28(41-3)17-19-29/h7-9,12-20,26,30H,4-6,10-11,21-22H2,1-3H3,(H,34,38). The molecule has 0 saturated heterocycles. The Labute approximate surface area is 247 Å². The summed E-state index contributed by atoms with van der Waals surface area (Å²) in [4.78, 5) is 29.1. The summed E-state index contributed by atoms with van der Waals surface area (Å²) in [7, 11) is -2.79. The number of benzene rings is 3. The lowest BCUT2D eigenvalue weighted by Crippen LogP contribution is -2.53. The first-order valence-corrected chi connectivity index (χ1v) is 15.6. The Morgan fingerprint density at radius 3 is 2.29 bits per heavy atom. The molecule has 3 aromatic carbocycles. The second-order valence-corrected chi connectivity index (χ2v) is 12.5. The second kappa shape index (κ2) is 13.8. The highest BCUT2D eigenvalue weighted by Gasteiger charge is 2.34. The van der Waals surface area contributed by atoms with Crippen LogP contribution in [0.25, 0.3) is 0 Å². The van der Waals surface area contributed by atoms with Crippen LogP contribution in [0.4, 0.5) is 10.1 Å². The zero-order valence-corrected chi connectivity index (χ0v) is 25.1. The van der Waals surface area contributed by atoms with Gasteiger partial charge in [0.25, 0.3) is 10.0 Å². The van der Waals surface area contributed by atoms with E-state index in [2.05, 4.69) is 5.32 Å². The number of nitrogens with one attached hydrogen (secondary N) is 1. The summed E-state index contributed by atoms with van der Waals surface area (Å²) in [6.45, 7) is 3.31. The number of hydrogen-bond donors (Lipinski definition) is 1. The Bertz CT molecular complexity index is 1470. The maximum absolute atomic E-state index is 14.1. The SMILES string of the molecule is CCC(C(=O)NC1CCCC1)N(Cc1cccc(C)c1)C(=O)CN(c1ccc(F)cc1)S(=O)(=O)c1ccc(OC)cc1. The Morgan fingerprint density at radius 1 is 1.02 bits per heavy atom. The highest BCUT2D eigenvalue weighted by molar-refractivity contribution is 7.92. The average molecular weight is 596 g/mol. The fraction of sp³-hybridized carbons (Fsp3) is 0.375. The largest absolute Gasteiger partial charge is 0.497 e. The van der Waals surface area contributed by atoms with E-state index in [-0.39, 0.29) is 29.1 Å². The lowest BCUT2D eigenvalue weighted by atomic mass is 10.1. The van der Waals surface area contributed by atoms with Gasteiger partial charge in [-0.25, -0.2) is 12.8 Å². The van der Waals surface area contributed by atoms with Gasteiger partial charge >= 0.3 is 0 Å². The maximum Gasteiger partial charge on any atom is 0.264 e. The molecule has 1 atom stereocenters. The molecule has 224 valence electrons. The van der Waals surface area contributed by atoms with Gasteiger partial charge in [-0.15, -0.1) is 0 Å². The number of anilines is 1. The molecule has 0 aliphatic heterocycles. The highest BCUT2D eigenvalue weighted by Crippen LogP contribution is 2.27. The van der Waals surface area contributed by atoms with Crippen LogP contribution < -0.4 is 14.4 Å². The van der Waals surface area contributed by atoms with Crippen molar-refractivity contribution in [1.82, 2.24) is 10.2 Å². The van der Waals surface area contributed by atoms with Gasteiger partial charge in [-0.3, -0.25) is 13.9 Å². The smallest absolute Gasteiger partial charge is 0.264 e. The first-order chi connectivity index (χ1) is 20.1. The number of halogens is 1. The molecule has 2 amide bonds. The summed E-state index contributed by atoms with van der Waals surface area (Å²) in [6, 6.07) is 17.6. The van der Waals surface area contributed by atoms with E-state index in [1.807, 2.05) is 38.1 Å². The van der Waals surface area contributed by atoms with E-state index in [1.54, 1.807) is 0 Å². The lowest BCUT2D eigenvalue weighted by Gasteiger charge is -2.34. The number of nitrogens with zero attached hydrogens (tertiary/aromatic N) is 2. The van der Waals surface area contributed by atoms with Crippen LogP contribution in [-0.2, 0) is 26.2 Å². The van der Waals surface area contributed by atoms with Gasteiger partial charge in [-0.1, -0.05) is 49.6 Å². The van der Waals surface area contributed by atoms with Gasteiger partial charge in [0, 0.05) is 12.6 Å². The zero-order chi connectivity index (χ0) is 30.3. The summed E-state index contributed by atoms with van der Waals surface area (Å²) in [5, 5.41) is 3.10. The fourth-order valence-corrected chi connectivity index (χ4v) is 6.72. The van der Waals surface area contributed by atoms with Crippen molar-refractivity contribution >= 4 is 27.5 Å². The maximum atomic E-state index is 14.1. The quantitative estimate of drug-likeness (QED) is 0.310. The van der Waals surface area contributed by atoms with Crippen molar-refractivity contribution in [1.29, 1.82) is 0 Å². The summed E-state index contributed by atoms with van der Waals surface area (Å²) in [6.07, 6.45) is 4.23. The predicted octanol–water partition coefficient (Wildman–Crippen LogP) is 5.20. The molecule has 1 saturated carbocycles. The Morgan fingerprint density at radius 2 is 1.69 bits per heavy atom. The molecular formula is C32H38FN3O5S. The van der Waals surface area contributed by atoms with Crippen LogP contribution in [0.5, 0.6) is 5.75 Å². The van der Waals surface area contributed by atoms with E-state index in [0.29, 0.717) is 12.2 Å². The monoisotopic (exact) mass is 595 g/mol. The van der Waals surface area contributed by atoms with Gasteiger partial charge in [-0.05, 0) is 80.3 Å². The molecule has 1 aliphatic carbocycles. The van der Waals surface area contributed by atoms with E-state index in [1.165, 1.54) is 48.4 Å². The third-order valence-electron chi connectivity index (χ3n) is 7.56. The van der Waals surface area contributed by atoms with Crippen molar-refractivity contribution in [3.05, 3.63) is 89.7 Å². The van der Waals surface area contributed by atoms with E-state index >= 15 is 0 Å². The van der Waals surface area contributed by atoms with Crippen molar-refractivity contribution < 1.29 is 27.1 Å². The van der Waals surface area contributed by atoms with Gasteiger partial charge in [0.1, 0.15) is 24.2 Å². The Kier molecular flexibility index (Phi) is 10.2. The second-order valence-electron chi connectivity index (χ2n) is 10.6. The number of sulfonamides is 1. The molecule has 1 N–H and O–H groups in total. The molecule has 4 rings (SSSR count).